The molecule has 26 heavy (non-hydrogen) atoms. The average Bonchev–Trinajstić information content (AvgIpc) is 2.55. The van der Waals surface area contributed by atoms with Crippen molar-refractivity contribution in [2.24, 2.45) is 0 Å². The molecule has 0 bridgehead atoms. The first-order valence-electron chi connectivity index (χ1n) is 7.25. The van der Waals surface area contributed by atoms with Crippen LogP contribution in [0.1, 0.15) is 15.9 Å². The number of amides is 2. The highest BCUT2D eigenvalue weighted by atomic mass is 35.5. The van der Waals surface area contributed by atoms with Gasteiger partial charge in [-0.15, -0.1) is 0 Å². The van der Waals surface area contributed by atoms with Crippen molar-refractivity contribution >= 4 is 50.7 Å². The van der Waals surface area contributed by atoms with E-state index in [1.54, 1.807) is 24.3 Å². The van der Waals surface area contributed by atoms with E-state index in [1.165, 1.54) is 18.2 Å². The van der Waals surface area contributed by atoms with Crippen molar-refractivity contribution in [3.8, 4) is 0 Å². The fourth-order valence-electron chi connectivity index (χ4n) is 1.97. The van der Waals surface area contributed by atoms with Crippen LogP contribution in [0.4, 0.5) is 5.69 Å². The molecule has 0 radical (unpaired) electrons. The SMILES string of the molecule is CS(=O)(=O)Nc1cc(C(=O)NNC(=O)Cc2ccc(Cl)cc2)ccc1Cl. The number of sulfonamides is 1. The van der Waals surface area contributed by atoms with Gasteiger partial charge in [-0.1, -0.05) is 35.3 Å². The first-order chi connectivity index (χ1) is 12.1. The van der Waals surface area contributed by atoms with Crippen molar-refractivity contribution in [1.29, 1.82) is 0 Å². The lowest BCUT2D eigenvalue weighted by molar-refractivity contribution is -0.121. The summed E-state index contributed by atoms with van der Waals surface area (Å²) in [7, 11) is -3.55. The molecule has 3 N–H and O–H groups in total. The molecule has 0 saturated carbocycles. The Bertz CT molecular complexity index is 931. The van der Waals surface area contributed by atoms with Gasteiger partial charge in [-0.05, 0) is 35.9 Å². The zero-order chi connectivity index (χ0) is 19.3. The predicted molar refractivity (Wildman–Crippen MR) is 101 cm³/mol. The Kier molecular flexibility index (Phi) is 6.47. The molecule has 0 heterocycles. The Morgan fingerprint density at radius 3 is 2.27 bits per heavy atom. The molecule has 138 valence electrons. The Morgan fingerprint density at radius 2 is 1.65 bits per heavy atom. The second kappa shape index (κ2) is 8.39. The standard InChI is InChI=1S/C16H15Cl2N3O4S/c1-26(24,25)21-14-9-11(4-7-13(14)18)16(23)20-19-15(22)8-10-2-5-12(17)6-3-10/h2-7,9,21H,8H2,1H3,(H,19,22)(H,20,23). The molecule has 0 saturated heterocycles. The van der Waals surface area contributed by atoms with Crippen LogP contribution >= 0.6 is 23.2 Å². The predicted octanol–water partition coefficient (Wildman–Crippen LogP) is 2.37. The minimum absolute atomic E-state index is 0.0545. The molecule has 2 amide bonds. The molecule has 0 aliphatic carbocycles. The number of benzene rings is 2. The van der Waals surface area contributed by atoms with Gasteiger partial charge in [0.25, 0.3) is 5.91 Å². The van der Waals surface area contributed by atoms with Gasteiger partial charge in [0.15, 0.2) is 0 Å². The minimum atomic E-state index is -3.55. The lowest BCUT2D eigenvalue weighted by Gasteiger charge is -2.10. The summed E-state index contributed by atoms with van der Waals surface area (Å²) in [5.74, 6) is -1.05. The van der Waals surface area contributed by atoms with Crippen LogP contribution in [0.2, 0.25) is 10.0 Å². The summed E-state index contributed by atoms with van der Waals surface area (Å²) in [6.07, 6.45) is 1.02. The van der Waals surface area contributed by atoms with E-state index < -0.39 is 21.8 Å². The largest absolute Gasteiger partial charge is 0.282 e. The molecule has 0 atom stereocenters. The Balaban J connectivity index is 1.98. The highest BCUT2D eigenvalue weighted by Gasteiger charge is 2.12. The van der Waals surface area contributed by atoms with Gasteiger partial charge in [-0.2, -0.15) is 0 Å². The van der Waals surface area contributed by atoms with Crippen molar-refractivity contribution in [1.82, 2.24) is 10.9 Å². The number of hydrazine groups is 1. The molecule has 10 heteroatoms. The highest BCUT2D eigenvalue weighted by Crippen LogP contribution is 2.23. The van der Waals surface area contributed by atoms with E-state index in [0.717, 1.165) is 11.8 Å². The van der Waals surface area contributed by atoms with Crippen molar-refractivity contribution in [3.63, 3.8) is 0 Å². The van der Waals surface area contributed by atoms with Gasteiger partial charge in [0.2, 0.25) is 15.9 Å². The molecular formula is C16H15Cl2N3O4S. The Morgan fingerprint density at radius 1 is 1.00 bits per heavy atom. The van der Waals surface area contributed by atoms with E-state index in [2.05, 4.69) is 15.6 Å². The monoisotopic (exact) mass is 415 g/mol. The summed E-state index contributed by atoms with van der Waals surface area (Å²) < 4.78 is 24.8. The third-order valence-electron chi connectivity index (χ3n) is 3.12. The quantitative estimate of drug-likeness (QED) is 0.651. The molecule has 0 aromatic heterocycles. The number of carbonyl (C=O) groups is 2. The van der Waals surface area contributed by atoms with Gasteiger partial charge < -0.3 is 0 Å². The first-order valence-corrected chi connectivity index (χ1v) is 9.90. The minimum Gasteiger partial charge on any atom is -0.282 e. The van der Waals surface area contributed by atoms with Crippen LogP contribution in [-0.4, -0.2) is 26.5 Å². The molecule has 7 nitrogen and oxygen atoms in total. The van der Waals surface area contributed by atoms with Gasteiger partial charge in [0, 0.05) is 10.6 Å². The van der Waals surface area contributed by atoms with Gasteiger partial charge in [-0.3, -0.25) is 25.2 Å². The van der Waals surface area contributed by atoms with Crippen LogP contribution < -0.4 is 15.6 Å². The highest BCUT2D eigenvalue weighted by molar-refractivity contribution is 7.92. The van der Waals surface area contributed by atoms with E-state index in [4.69, 9.17) is 23.2 Å². The maximum atomic E-state index is 12.1. The second-order valence-corrected chi connectivity index (χ2v) is 7.97. The molecule has 2 aromatic carbocycles. The zero-order valence-corrected chi connectivity index (χ0v) is 15.9. The summed E-state index contributed by atoms with van der Waals surface area (Å²) in [5, 5.41) is 0.697. The lowest BCUT2D eigenvalue weighted by atomic mass is 10.1. The normalized spacial score (nSPS) is 10.9. The fraction of sp³-hybridized carbons (Fsp3) is 0.125. The first kappa shape index (κ1) is 20.0. The van der Waals surface area contributed by atoms with E-state index in [9.17, 15) is 18.0 Å². The number of nitrogens with one attached hydrogen (secondary N) is 3. The van der Waals surface area contributed by atoms with Gasteiger partial charge in [0.05, 0.1) is 23.4 Å². The summed E-state index contributed by atoms with van der Waals surface area (Å²) in [6, 6.07) is 10.8. The molecule has 0 unspecified atom stereocenters. The van der Waals surface area contributed by atoms with Crippen molar-refractivity contribution < 1.29 is 18.0 Å². The molecular weight excluding hydrogens is 401 g/mol. The fourth-order valence-corrected chi connectivity index (χ4v) is 2.89. The topological polar surface area (TPSA) is 104 Å². The Labute approximate surface area is 160 Å². The van der Waals surface area contributed by atoms with E-state index >= 15 is 0 Å². The third-order valence-corrected chi connectivity index (χ3v) is 4.29. The lowest BCUT2D eigenvalue weighted by Crippen LogP contribution is -2.42. The number of rotatable bonds is 5. The van der Waals surface area contributed by atoms with E-state index in [-0.39, 0.29) is 22.7 Å². The van der Waals surface area contributed by atoms with Crippen molar-refractivity contribution in [2.75, 3.05) is 11.0 Å². The summed E-state index contributed by atoms with van der Waals surface area (Å²) in [5.41, 5.74) is 5.45. The maximum absolute atomic E-state index is 12.1. The van der Waals surface area contributed by atoms with Crippen LogP contribution in [0.3, 0.4) is 0 Å². The van der Waals surface area contributed by atoms with Crippen LogP contribution in [-0.2, 0) is 21.2 Å². The van der Waals surface area contributed by atoms with E-state index in [1.807, 2.05) is 0 Å². The molecule has 0 aliphatic rings. The number of hydrogen-bond acceptors (Lipinski definition) is 4. The van der Waals surface area contributed by atoms with Crippen LogP contribution in [0.15, 0.2) is 42.5 Å². The van der Waals surface area contributed by atoms with Crippen molar-refractivity contribution in [3.05, 3.63) is 63.6 Å². The summed E-state index contributed by atoms with van der Waals surface area (Å²) in [4.78, 5) is 24.0. The number of anilines is 1. The van der Waals surface area contributed by atoms with Crippen LogP contribution in [0, 0.1) is 0 Å². The smallest absolute Gasteiger partial charge is 0.269 e. The van der Waals surface area contributed by atoms with Gasteiger partial charge in [-0.25, -0.2) is 8.42 Å². The Hall–Kier alpha value is -2.29. The average molecular weight is 416 g/mol. The summed E-state index contributed by atoms with van der Waals surface area (Å²) in [6.45, 7) is 0. The van der Waals surface area contributed by atoms with E-state index in [0.29, 0.717) is 5.02 Å². The maximum Gasteiger partial charge on any atom is 0.269 e. The third kappa shape index (κ3) is 6.21. The number of halogens is 2. The zero-order valence-electron chi connectivity index (χ0n) is 13.5. The molecule has 0 fully saturated rings. The number of carbonyl (C=O) groups excluding carboxylic acids is 2. The van der Waals surface area contributed by atoms with Gasteiger partial charge in [0.1, 0.15) is 0 Å². The molecule has 0 spiro atoms. The van der Waals surface area contributed by atoms with Crippen LogP contribution in [0.5, 0.6) is 0 Å². The number of hydrogen-bond donors (Lipinski definition) is 3. The second-order valence-electron chi connectivity index (χ2n) is 5.37. The van der Waals surface area contributed by atoms with Crippen LogP contribution in [0.25, 0.3) is 0 Å². The molecule has 0 aliphatic heterocycles. The summed E-state index contributed by atoms with van der Waals surface area (Å²) >= 11 is 11.7. The van der Waals surface area contributed by atoms with Gasteiger partial charge >= 0.3 is 0 Å². The molecule has 2 rings (SSSR count). The molecule has 2 aromatic rings. The van der Waals surface area contributed by atoms with Crippen molar-refractivity contribution in [2.45, 2.75) is 6.42 Å².